The fourth-order valence-corrected chi connectivity index (χ4v) is 3.04. The summed E-state index contributed by atoms with van der Waals surface area (Å²) in [6, 6.07) is 1.30. The Hall–Kier alpha value is -0.120. The van der Waals surface area contributed by atoms with Crippen LogP contribution in [0.2, 0.25) is 0 Å². The van der Waals surface area contributed by atoms with E-state index in [1.165, 1.54) is 19.3 Å². The Labute approximate surface area is 107 Å². The maximum Gasteiger partial charge on any atom is 0.0589 e. The summed E-state index contributed by atoms with van der Waals surface area (Å²) in [5.41, 5.74) is 0.485. The lowest BCUT2D eigenvalue weighted by Gasteiger charge is -2.45. The van der Waals surface area contributed by atoms with Crippen molar-refractivity contribution in [1.29, 1.82) is 0 Å². The molecule has 2 atom stereocenters. The van der Waals surface area contributed by atoms with Gasteiger partial charge in [-0.3, -0.25) is 4.90 Å². The Morgan fingerprint density at radius 1 is 1.41 bits per heavy atom. The van der Waals surface area contributed by atoms with Crippen LogP contribution in [-0.2, 0) is 4.74 Å². The van der Waals surface area contributed by atoms with E-state index in [2.05, 4.69) is 38.0 Å². The zero-order valence-electron chi connectivity index (χ0n) is 12.3. The normalized spacial score (nSPS) is 28.6. The zero-order chi connectivity index (χ0) is 12.9. The maximum atomic E-state index is 5.22. The number of rotatable bonds is 6. The van der Waals surface area contributed by atoms with Gasteiger partial charge in [-0.05, 0) is 38.3 Å². The van der Waals surface area contributed by atoms with Gasteiger partial charge < -0.3 is 10.1 Å². The van der Waals surface area contributed by atoms with E-state index in [1.54, 1.807) is 7.11 Å². The van der Waals surface area contributed by atoms with Gasteiger partial charge in [0, 0.05) is 25.7 Å². The second kappa shape index (κ2) is 6.72. The molecule has 102 valence electrons. The minimum atomic E-state index is 0.485. The molecule has 0 spiro atoms. The van der Waals surface area contributed by atoms with Gasteiger partial charge in [-0.25, -0.2) is 0 Å². The first-order valence-electron chi connectivity index (χ1n) is 6.94. The van der Waals surface area contributed by atoms with Gasteiger partial charge in [0.25, 0.3) is 0 Å². The van der Waals surface area contributed by atoms with E-state index < -0.39 is 0 Å². The smallest absolute Gasteiger partial charge is 0.0589 e. The molecule has 0 radical (unpaired) electrons. The number of hydrogen-bond donors (Lipinski definition) is 1. The Kier molecular flexibility index (Phi) is 5.90. The average molecular weight is 242 g/mol. The number of ether oxygens (including phenoxy) is 1. The van der Waals surface area contributed by atoms with Crippen molar-refractivity contribution in [3.05, 3.63) is 0 Å². The Bertz CT molecular complexity index is 218. The van der Waals surface area contributed by atoms with E-state index in [0.717, 1.165) is 19.7 Å². The molecule has 0 aromatic rings. The van der Waals surface area contributed by atoms with Gasteiger partial charge in [0.2, 0.25) is 0 Å². The summed E-state index contributed by atoms with van der Waals surface area (Å²) in [6.45, 7) is 10.0. The highest BCUT2D eigenvalue weighted by atomic mass is 16.5. The average Bonchev–Trinajstić information content (AvgIpc) is 2.29. The molecule has 17 heavy (non-hydrogen) atoms. The summed E-state index contributed by atoms with van der Waals surface area (Å²) in [5, 5.41) is 3.50. The van der Waals surface area contributed by atoms with Crippen molar-refractivity contribution < 1.29 is 4.74 Å². The molecule has 0 aromatic carbocycles. The van der Waals surface area contributed by atoms with Crippen molar-refractivity contribution in [1.82, 2.24) is 10.2 Å². The van der Waals surface area contributed by atoms with Crippen LogP contribution in [0.5, 0.6) is 0 Å². The van der Waals surface area contributed by atoms with Crippen molar-refractivity contribution >= 4 is 0 Å². The number of methoxy groups -OCH3 is 1. The molecule has 0 aliphatic heterocycles. The van der Waals surface area contributed by atoms with Gasteiger partial charge in [-0.1, -0.05) is 20.8 Å². The molecule has 0 saturated heterocycles. The third-order valence-electron chi connectivity index (χ3n) is 4.19. The van der Waals surface area contributed by atoms with Gasteiger partial charge in [-0.2, -0.15) is 0 Å². The van der Waals surface area contributed by atoms with Crippen molar-refractivity contribution in [2.24, 2.45) is 5.41 Å². The van der Waals surface area contributed by atoms with Crippen LogP contribution in [0.1, 0.15) is 40.0 Å². The third kappa shape index (κ3) is 4.23. The molecular formula is C14H30N2O. The molecule has 3 heteroatoms. The highest BCUT2D eigenvalue weighted by Crippen LogP contribution is 2.37. The van der Waals surface area contributed by atoms with Crippen LogP contribution >= 0.6 is 0 Å². The SMILES string of the molecule is CCN(CCOC)C1CC(C)(C)CCC1NC. The molecule has 0 amide bonds. The number of nitrogens with one attached hydrogen (secondary N) is 1. The Morgan fingerprint density at radius 2 is 2.12 bits per heavy atom. The fourth-order valence-electron chi connectivity index (χ4n) is 3.04. The molecule has 0 bridgehead atoms. The minimum absolute atomic E-state index is 0.485. The first-order chi connectivity index (χ1) is 8.04. The van der Waals surface area contributed by atoms with Crippen LogP contribution in [0.25, 0.3) is 0 Å². The molecule has 1 saturated carbocycles. The first kappa shape index (κ1) is 14.9. The molecule has 0 aromatic heterocycles. The standard InChI is InChI=1S/C14H30N2O/c1-6-16(9-10-17-5)13-11-14(2,3)8-7-12(13)15-4/h12-13,15H,6-11H2,1-5H3. The molecule has 2 unspecified atom stereocenters. The molecule has 1 aliphatic rings. The van der Waals surface area contributed by atoms with Gasteiger partial charge in [0.1, 0.15) is 0 Å². The zero-order valence-corrected chi connectivity index (χ0v) is 12.3. The number of hydrogen-bond acceptors (Lipinski definition) is 3. The van der Waals surface area contributed by atoms with Gasteiger partial charge in [-0.15, -0.1) is 0 Å². The summed E-state index contributed by atoms with van der Waals surface area (Å²) < 4.78 is 5.22. The maximum absolute atomic E-state index is 5.22. The lowest BCUT2D eigenvalue weighted by atomic mass is 9.72. The number of nitrogens with zero attached hydrogens (tertiary/aromatic N) is 1. The predicted molar refractivity (Wildman–Crippen MR) is 73.4 cm³/mol. The van der Waals surface area contributed by atoms with Crippen LogP contribution in [0.4, 0.5) is 0 Å². The fraction of sp³-hybridized carbons (Fsp3) is 1.00. The molecule has 1 aliphatic carbocycles. The van der Waals surface area contributed by atoms with Crippen molar-refractivity contribution in [2.75, 3.05) is 33.9 Å². The lowest BCUT2D eigenvalue weighted by molar-refractivity contribution is 0.0512. The molecule has 1 N–H and O–H groups in total. The van der Waals surface area contributed by atoms with Crippen LogP contribution in [0.3, 0.4) is 0 Å². The van der Waals surface area contributed by atoms with E-state index in [4.69, 9.17) is 4.74 Å². The van der Waals surface area contributed by atoms with Crippen molar-refractivity contribution in [3.8, 4) is 0 Å². The van der Waals surface area contributed by atoms with E-state index >= 15 is 0 Å². The van der Waals surface area contributed by atoms with E-state index in [-0.39, 0.29) is 0 Å². The lowest BCUT2D eigenvalue weighted by Crippen LogP contribution is -2.54. The second-order valence-corrected chi connectivity index (χ2v) is 5.99. The molecular weight excluding hydrogens is 212 g/mol. The summed E-state index contributed by atoms with van der Waals surface area (Å²) in [7, 11) is 3.88. The molecule has 0 heterocycles. The first-order valence-corrected chi connectivity index (χ1v) is 6.94. The third-order valence-corrected chi connectivity index (χ3v) is 4.19. The summed E-state index contributed by atoms with van der Waals surface area (Å²) in [4.78, 5) is 2.57. The predicted octanol–water partition coefficient (Wildman–Crippen LogP) is 2.12. The van der Waals surface area contributed by atoms with E-state index in [0.29, 0.717) is 17.5 Å². The van der Waals surface area contributed by atoms with Crippen LogP contribution in [-0.4, -0.2) is 50.8 Å². The van der Waals surface area contributed by atoms with E-state index in [1.807, 2.05) is 0 Å². The van der Waals surface area contributed by atoms with Gasteiger partial charge in [0.15, 0.2) is 0 Å². The van der Waals surface area contributed by atoms with Crippen molar-refractivity contribution in [3.63, 3.8) is 0 Å². The highest BCUT2D eigenvalue weighted by Gasteiger charge is 2.36. The van der Waals surface area contributed by atoms with E-state index in [9.17, 15) is 0 Å². The quantitative estimate of drug-likeness (QED) is 0.772. The molecule has 3 nitrogen and oxygen atoms in total. The van der Waals surface area contributed by atoms with Crippen LogP contribution < -0.4 is 5.32 Å². The Morgan fingerprint density at radius 3 is 2.65 bits per heavy atom. The topological polar surface area (TPSA) is 24.5 Å². The largest absolute Gasteiger partial charge is 0.383 e. The number of likely N-dealkylation sites (N-methyl/N-ethyl adjacent to an activating group) is 2. The van der Waals surface area contributed by atoms with Crippen LogP contribution in [0.15, 0.2) is 0 Å². The highest BCUT2D eigenvalue weighted by molar-refractivity contribution is 4.93. The van der Waals surface area contributed by atoms with Crippen LogP contribution in [0, 0.1) is 5.41 Å². The summed E-state index contributed by atoms with van der Waals surface area (Å²) in [6.07, 6.45) is 3.91. The monoisotopic (exact) mass is 242 g/mol. The molecule has 1 rings (SSSR count). The van der Waals surface area contributed by atoms with Gasteiger partial charge in [0.05, 0.1) is 6.61 Å². The van der Waals surface area contributed by atoms with Crippen molar-refractivity contribution in [2.45, 2.75) is 52.1 Å². The summed E-state index contributed by atoms with van der Waals surface area (Å²) >= 11 is 0. The van der Waals surface area contributed by atoms with Gasteiger partial charge >= 0.3 is 0 Å². The second-order valence-electron chi connectivity index (χ2n) is 5.99. The Balaban J connectivity index is 2.66. The minimum Gasteiger partial charge on any atom is -0.383 e. The summed E-state index contributed by atoms with van der Waals surface area (Å²) in [5.74, 6) is 0. The molecule has 1 fully saturated rings.